The molecule has 4 heteroatoms. The molecule has 0 unspecified atom stereocenters. The summed E-state index contributed by atoms with van der Waals surface area (Å²) in [5.41, 5.74) is 0.930. The van der Waals surface area contributed by atoms with Crippen molar-refractivity contribution < 1.29 is 4.79 Å². The van der Waals surface area contributed by atoms with Crippen molar-refractivity contribution in [3.05, 3.63) is 18.3 Å². The summed E-state index contributed by atoms with van der Waals surface area (Å²) < 4.78 is 0. The van der Waals surface area contributed by atoms with Crippen LogP contribution in [0.25, 0.3) is 0 Å². The minimum atomic E-state index is -0.0324. The maximum Gasteiger partial charge on any atom is 0.228 e. The SMILES string of the molecule is CNc1ccnc(NC(=O)C(C)C)c1. The van der Waals surface area contributed by atoms with Crippen LogP contribution in [0.4, 0.5) is 11.5 Å². The van der Waals surface area contributed by atoms with Gasteiger partial charge in [0.2, 0.25) is 5.91 Å². The number of aromatic nitrogens is 1. The van der Waals surface area contributed by atoms with Crippen LogP contribution in [0.3, 0.4) is 0 Å². The molecule has 0 bridgehead atoms. The van der Waals surface area contributed by atoms with Crippen LogP contribution in [0.1, 0.15) is 13.8 Å². The summed E-state index contributed by atoms with van der Waals surface area (Å²) in [6, 6.07) is 3.63. The number of nitrogens with one attached hydrogen (secondary N) is 2. The average Bonchev–Trinajstić information content (AvgIpc) is 2.18. The van der Waals surface area contributed by atoms with Gasteiger partial charge in [0, 0.05) is 30.9 Å². The van der Waals surface area contributed by atoms with Gasteiger partial charge in [0.05, 0.1) is 0 Å². The van der Waals surface area contributed by atoms with Gasteiger partial charge in [-0.2, -0.15) is 0 Å². The van der Waals surface area contributed by atoms with Crippen molar-refractivity contribution in [3.63, 3.8) is 0 Å². The van der Waals surface area contributed by atoms with Crippen LogP contribution in [-0.4, -0.2) is 17.9 Å². The molecule has 0 atom stereocenters. The molecule has 14 heavy (non-hydrogen) atoms. The molecule has 1 aromatic rings. The lowest BCUT2D eigenvalue weighted by Crippen LogP contribution is -2.18. The lowest BCUT2D eigenvalue weighted by atomic mass is 10.2. The molecule has 0 saturated heterocycles. The van der Waals surface area contributed by atoms with E-state index in [4.69, 9.17) is 0 Å². The van der Waals surface area contributed by atoms with Crippen molar-refractivity contribution >= 4 is 17.4 Å². The lowest BCUT2D eigenvalue weighted by molar-refractivity contribution is -0.118. The lowest BCUT2D eigenvalue weighted by Gasteiger charge is -2.07. The van der Waals surface area contributed by atoms with Crippen LogP contribution >= 0.6 is 0 Å². The fourth-order valence-electron chi connectivity index (χ4n) is 0.925. The topological polar surface area (TPSA) is 54.0 Å². The molecule has 1 heterocycles. The van der Waals surface area contributed by atoms with E-state index in [2.05, 4.69) is 15.6 Å². The Morgan fingerprint density at radius 3 is 2.79 bits per heavy atom. The standard InChI is InChI=1S/C10H15N3O/c1-7(2)10(14)13-9-6-8(11-3)4-5-12-9/h4-7H,1-3H3,(H2,11,12,13,14). The molecular formula is C10H15N3O. The zero-order valence-electron chi connectivity index (χ0n) is 8.66. The Kier molecular flexibility index (Phi) is 3.45. The van der Waals surface area contributed by atoms with E-state index in [1.165, 1.54) is 0 Å². The number of rotatable bonds is 3. The van der Waals surface area contributed by atoms with Gasteiger partial charge in [-0.3, -0.25) is 4.79 Å². The fourth-order valence-corrected chi connectivity index (χ4v) is 0.925. The second kappa shape index (κ2) is 4.60. The number of pyridine rings is 1. The van der Waals surface area contributed by atoms with Crippen molar-refractivity contribution in [2.45, 2.75) is 13.8 Å². The molecule has 2 N–H and O–H groups in total. The molecule has 0 aliphatic heterocycles. The quantitative estimate of drug-likeness (QED) is 0.768. The molecule has 0 fully saturated rings. The highest BCUT2D eigenvalue weighted by molar-refractivity contribution is 5.91. The summed E-state index contributed by atoms with van der Waals surface area (Å²) in [5.74, 6) is 0.524. The van der Waals surface area contributed by atoms with Gasteiger partial charge in [-0.15, -0.1) is 0 Å². The summed E-state index contributed by atoms with van der Waals surface area (Å²) in [6.45, 7) is 3.69. The zero-order chi connectivity index (χ0) is 10.6. The van der Waals surface area contributed by atoms with E-state index in [1.54, 1.807) is 12.3 Å². The summed E-state index contributed by atoms with van der Waals surface area (Å²) in [4.78, 5) is 15.4. The van der Waals surface area contributed by atoms with E-state index in [1.807, 2.05) is 27.0 Å². The maximum absolute atomic E-state index is 11.3. The summed E-state index contributed by atoms with van der Waals surface area (Å²) >= 11 is 0. The molecule has 76 valence electrons. The van der Waals surface area contributed by atoms with Gasteiger partial charge in [-0.1, -0.05) is 13.8 Å². The van der Waals surface area contributed by atoms with E-state index in [-0.39, 0.29) is 11.8 Å². The van der Waals surface area contributed by atoms with Gasteiger partial charge in [-0.25, -0.2) is 4.98 Å². The van der Waals surface area contributed by atoms with Crippen molar-refractivity contribution in [2.75, 3.05) is 17.7 Å². The number of carbonyl (C=O) groups is 1. The molecule has 0 radical (unpaired) electrons. The Morgan fingerprint density at radius 1 is 1.50 bits per heavy atom. The summed E-state index contributed by atoms with van der Waals surface area (Å²) in [5, 5.41) is 5.70. The van der Waals surface area contributed by atoms with Crippen LogP contribution in [0.15, 0.2) is 18.3 Å². The molecule has 1 amide bonds. The number of nitrogens with zero attached hydrogens (tertiary/aromatic N) is 1. The van der Waals surface area contributed by atoms with Gasteiger partial charge < -0.3 is 10.6 Å². The number of hydrogen-bond acceptors (Lipinski definition) is 3. The third-order valence-electron chi connectivity index (χ3n) is 1.82. The first-order valence-corrected chi connectivity index (χ1v) is 4.58. The van der Waals surface area contributed by atoms with Gasteiger partial charge in [-0.05, 0) is 6.07 Å². The van der Waals surface area contributed by atoms with Crippen LogP contribution in [-0.2, 0) is 4.79 Å². The molecular weight excluding hydrogens is 178 g/mol. The summed E-state index contributed by atoms with van der Waals surface area (Å²) in [7, 11) is 1.82. The van der Waals surface area contributed by atoms with Crippen molar-refractivity contribution in [1.82, 2.24) is 4.98 Å². The smallest absolute Gasteiger partial charge is 0.228 e. The first-order valence-electron chi connectivity index (χ1n) is 4.58. The Labute approximate surface area is 83.7 Å². The number of amides is 1. The number of hydrogen-bond donors (Lipinski definition) is 2. The molecule has 0 aliphatic carbocycles. The van der Waals surface area contributed by atoms with E-state index in [9.17, 15) is 4.79 Å². The zero-order valence-corrected chi connectivity index (χ0v) is 8.66. The van der Waals surface area contributed by atoms with Gasteiger partial charge >= 0.3 is 0 Å². The minimum absolute atomic E-state index is 0.0225. The predicted molar refractivity (Wildman–Crippen MR) is 57.3 cm³/mol. The van der Waals surface area contributed by atoms with Gasteiger partial charge in [0.1, 0.15) is 5.82 Å². The van der Waals surface area contributed by atoms with Crippen LogP contribution in [0.5, 0.6) is 0 Å². The molecule has 1 aromatic heterocycles. The van der Waals surface area contributed by atoms with Crippen LogP contribution < -0.4 is 10.6 Å². The van der Waals surface area contributed by atoms with E-state index < -0.39 is 0 Å². The van der Waals surface area contributed by atoms with Gasteiger partial charge in [0.25, 0.3) is 0 Å². The summed E-state index contributed by atoms with van der Waals surface area (Å²) in [6.07, 6.45) is 1.65. The van der Waals surface area contributed by atoms with E-state index >= 15 is 0 Å². The normalized spacial score (nSPS) is 10.0. The predicted octanol–water partition coefficient (Wildman–Crippen LogP) is 1.72. The Morgan fingerprint density at radius 2 is 2.21 bits per heavy atom. The first kappa shape index (κ1) is 10.5. The second-order valence-corrected chi connectivity index (χ2v) is 3.32. The molecule has 0 aromatic carbocycles. The highest BCUT2D eigenvalue weighted by Gasteiger charge is 2.07. The number of anilines is 2. The molecule has 0 aliphatic rings. The van der Waals surface area contributed by atoms with Crippen molar-refractivity contribution in [1.29, 1.82) is 0 Å². The molecule has 0 spiro atoms. The Bertz CT molecular complexity index is 323. The largest absolute Gasteiger partial charge is 0.388 e. The van der Waals surface area contributed by atoms with Crippen molar-refractivity contribution in [3.8, 4) is 0 Å². The Hall–Kier alpha value is -1.58. The van der Waals surface area contributed by atoms with Crippen molar-refractivity contribution in [2.24, 2.45) is 5.92 Å². The first-order chi connectivity index (χ1) is 6.63. The number of carbonyl (C=O) groups excluding carboxylic acids is 1. The third-order valence-corrected chi connectivity index (χ3v) is 1.82. The second-order valence-electron chi connectivity index (χ2n) is 3.32. The molecule has 4 nitrogen and oxygen atoms in total. The van der Waals surface area contributed by atoms with E-state index in [0.717, 1.165) is 5.69 Å². The van der Waals surface area contributed by atoms with E-state index in [0.29, 0.717) is 5.82 Å². The minimum Gasteiger partial charge on any atom is -0.388 e. The van der Waals surface area contributed by atoms with Crippen LogP contribution in [0, 0.1) is 5.92 Å². The molecule has 0 saturated carbocycles. The molecule has 1 rings (SSSR count). The van der Waals surface area contributed by atoms with Gasteiger partial charge in [0.15, 0.2) is 0 Å². The van der Waals surface area contributed by atoms with Crippen LogP contribution in [0.2, 0.25) is 0 Å². The fraction of sp³-hybridized carbons (Fsp3) is 0.400. The maximum atomic E-state index is 11.3. The highest BCUT2D eigenvalue weighted by Crippen LogP contribution is 2.11. The highest BCUT2D eigenvalue weighted by atomic mass is 16.1. The average molecular weight is 193 g/mol. The third kappa shape index (κ3) is 2.73. The Balaban J connectivity index is 2.72. The monoisotopic (exact) mass is 193 g/mol.